The predicted molar refractivity (Wildman–Crippen MR) is 77.0 cm³/mol. The van der Waals surface area contributed by atoms with E-state index >= 15 is 0 Å². The lowest BCUT2D eigenvalue weighted by Gasteiger charge is -2.13. The molecule has 0 fully saturated rings. The van der Waals surface area contributed by atoms with Gasteiger partial charge in [0.15, 0.2) is 0 Å². The Morgan fingerprint density at radius 1 is 1.38 bits per heavy atom. The number of benzene rings is 1. The Bertz CT molecular complexity index is 699. The lowest BCUT2D eigenvalue weighted by Crippen LogP contribution is -2.45. The molecule has 0 unspecified atom stereocenters. The smallest absolute Gasteiger partial charge is 0.326 e. The molecule has 1 heterocycles. The highest BCUT2D eigenvalue weighted by Gasteiger charge is 2.22. The Labute approximate surface area is 123 Å². The first-order valence-electron chi connectivity index (χ1n) is 5.87. The number of anilines is 1. The van der Waals surface area contributed by atoms with Crippen molar-refractivity contribution in [3.05, 3.63) is 23.7 Å². The van der Waals surface area contributed by atoms with Gasteiger partial charge in [0.1, 0.15) is 6.04 Å². The fourth-order valence-electron chi connectivity index (χ4n) is 1.66. The number of nitrogens with two attached hydrogens (primary N) is 1. The number of thiazole rings is 1. The van der Waals surface area contributed by atoms with Gasteiger partial charge < -0.3 is 21.5 Å². The Balaban J connectivity index is 2.02. The largest absolute Gasteiger partial charge is 0.480 e. The highest BCUT2D eigenvalue weighted by atomic mass is 32.1. The zero-order valence-electron chi connectivity index (χ0n) is 10.7. The number of urea groups is 1. The summed E-state index contributed by atoms with van der Waals surface area (Å²) in [5.41, 5.74) is 7.91. The van der Waals surface area contributed by atoms with E-state index in [1.807, 2.05) is 0 Å². The van der Waals surface area contributed by atoms with Crippen LogP contribution in [-0.2, 0) is 9.59 Å². The van der Waals surface area contributed by atoms with Crippen LogP contribution in [0.25, 0.3) is 10.2 Å². The second-order valence-corrected chi connectivity index (χ2v) is 5.08. The van der Waals surface area contributed by atoms with E-state index in [0.717, 1.165) is 10.2 Å². The van der Waals surface area contributed by atoms with E-state index in [0.29, 0.717) is 5.69 Å². The summed E-state index contributed by atoms with van der Waals surface area (Å²) in [4.78, 5) is 37.5. The van der Waals surface area contributed by atoms with Gasteiger partial charge in [-0.25, -0.2) is 14.6 Å². The van der Waals surface area contributed by atoms with Gasteiger partial charge in [-0.05, 0) is 18.2 Å². The number of primary amides is 1. The second kappa shape index (κ2) is 6.18. The molecule has 2 rings (SSSR count). The van der Waals surface area contributed by atoms with E-state index in [2.05, 4.69) is 15.6 Å². The highest BCUT2D eigenvalue weighted by Crippen LogP contribution is 2.21. The summed E-state index contributed by atoms with van der Waals surface area (Å²) in [6, 6.07) is 3.00. The van der Waals surface area contributed by atoms with Crippen LogP contribution in [0.2, 0.25) is 0 Å². The average Bonchev–Trinajstić information content (AvgIpc) is 2.84. The van der Waals surface area contributed by atoms with Crippen molar-refractivity contribution in [3.63, 3.8) is 0 Å². The summed E-state index contributed by atoms with van der Waals surface area (Å²) in [7, 11) is 0. The van der Waals surface area contributed by atoms with Gasteiger partial charge in [0.2, 0.25) is 5.91 Å². The molecule has 0 aliphatic heterocycles. The third-order valence-corrected chi connectivity index (χ3v) is 3.39. The van der Waals surface area contributed by atoms with Gasteiger partial charge in [0, 0.05) is 5.69 Å². The molecule has 5 N–H and O–H groups in total. The molecule has 0 bridgehead atoms. The topological polar surface area (TPSA) is 134 Å². The standard InChI is InChI=1S/C12H12N4O4S/c13-10(17)4-8(11(18)19)16-12(20)15-6-1-2-7-9(3-6)21-5-14-7/h1-3,5,8H,4H2,(H2,13,17)(H,18,19)(H2,15,16,20)/t8-/m0/s1. The number of amides is 3. The Kier molecular flexibility index (Phi) is 4.33. The van der Waals surface area contributed by atoms with Crippen molar-refractivity contribution < 1.29 is 19.5 Å². The number of carbonyl (C=O) groups is 3. The zero-order valence-corrected chi connectivity index (χ0v) is 11.5. The molecule has 1 aromatic carbocycles. The van der Waals surface area contributed by atoms with Crippen LogP contribution in [0.1, 0.15) is 6.42 Å². The minimum Gasteiger partial charge on any atom is -0.480 e. The minimum absolute atomic E-state index is 0.476. The molecule has 110 valence electrons. The number of carbonyl (C=O) groups excluding carboxylic acids is 2. The Morgan fingerprint density at radius 3 is 2.81 bits per heavy atom. The van der Waals surface area contributed by atoms with E-state index in [-0.39, 0.29) is 0 Å². The molecule has 0 spiro atoms. The molecule has 0 aliphatic carbocycles. The van der Waals surface area contributed by atoms with Crippen molar-refractivity contribution >= 4 is 45.1 Å². The maximum absolute atomic E-state index is 11.7. The van der Waals surface area contributed by atoms with Gasteiger partial charge >= 0.3 is 12.0 Å². The molecular formula is C12H12N4O4S. The van der Waals surface area contributed by atoms with E-state index < -0.39 is 30.4 Å². The fourth-order valence-corrected chi connectivity index (χ4v) is 2.38. The van der Waals surface area contributed by atoms with Crippen LogP contribution in [0.3, 0.4) is 0 Å². The summed E-state index contributed by atoms with van der Waals surface area (Å²) in [6.07, 6.45) is -0.476. The number of hydrogen-bond donors (Lipinski definition) is 4. The fraction of sp³-hybridized carbons (Fsp3) is 0.167. The quantitative estimate of drug-likeness (QED) is 0.646. The number of nitrogens with zero attached hydrogens (tertiary/aromatic N) is 1. The highest BCUT2D eigenvalue weighted by molar-refractivity contribution is 7.16. The molecule has 9 heteroatoms. The molecule has 0 aliphatic rings. The SMILES string of the molecule is NC(=O)C[C@H](NC(=O)Nc1ccc2ncsc2c1)C(=O)O. The number of carboxylic acid groups (broad SMARTS) is 1. The second-order valence-electron chi connectivity index (χ2n) is 4.19. The third kappa shape index (κ3) is 3.89. The van der Waals surface area contributed by atoms with Crippen LogP contribution in [0.5, 0.6) is 0 Å². The van der Waals surface area contributed by atoms with Gasteiger partial charge in [0.05, 0.1) is 22.1 Å². The molecule has 8 nitrogen and oxygen atoms in total. The van der Waals surface area contributed by atoms with Gasteiger partial charge in [0.25, 0.3) is 0 Å². The van der Waals surface area contributed by atoms with Crippen LogP contribution < -0.4 is 16.4 Å². The number of nitrogens with one attached hydrogen (secondary N) is 2. The predicted octanol–water partition coefficient (Wildman–Crippen LogP) is 0.746. The number of aromatic nitrogens is 1. The van der Waals surface area contributed by atoms with Gasteiger partial charge in [-0.3, -0.25) is 4.79 Å². The number of carboxylic acids is 1. The normalized spacial score (nSPS) is 11.8. The molecule has 0 radical (unpaired) electrons. The molecule has 2 aromatic rings. The van der Waals surface area contributed by atoms with E-state index in [1.165, 1.54) is 11.3 Å². The van der Waals surface area contributed by atoms with Crippen molar-refractivity contribution in [2.45, 2.75) is 12.5 Å². The van der Waals surface area contributed by atoms with Gasteiger partial charge in [-0.1, -0.05) is 0 Å². The average molecular weight is 308 g/mol. The van der Waals surface area contributed by atoms with Crippen LogP contribution in [0.4, 0.5) is 10.5 Å². The van der Waals surface area contributed by atoms with Crippen LogP contribution in [0.15, 0.2) is 23.7 Å². The first-order chi connectivity index (χ1) is 9.95. The van der Waals surface area contributed by atoms with E-state index in [9.17, 15) is 14.4 Å². The molecule has 0 saturated carbocycles. The molecule has 21 heavy (non-hydrogen) atoms. The first kappa shape index (κ1) is 14.7. The summed E-state index contributed by atoms with van der Waals surface area (Å²) in [5, 5.41) is 13.6. The molecule has 1 atom stereocenters. The number of aliphatic carboxylic acids is 1. The lowest BCUT2D eigenvalue weighted by molar-refractivity contribution is -0.140. The van der Waals surface area contributed by atoms with Crippen LogP contribution >= 0.6 is 11.3 Å². The zero-order chi connectivity index (χ0) is 15.4. The number of fused-ring (bicyclic) bond motifs is 1. The molecule has 1 aromatic heterocycles. The van der Waals surface area contributed by atoms with E-state index in [1.54, 1.807) is 23.7 Å². The number of hydrogen-bond acceptors (Lipinski definition) is 5. The summed E-state index contributed by atoms with van der Waals surface area (Å²) in [5.74, 6) is -2.14. The molecule has 0 saturated heterocycles. The van der Waals surface area contributed by atoms with Crippen molar-refractivity contribution in [1.82, 2.24) is 10.3 Å². The van der Waals surface area contributed by atoms with Gasteiger partial charge in [-0.2, -0.15) is 0 Å². The molecule has 3 amide bonds. The lowest BCUT2D eigenvalue weighted by atomic mass is 10.2. The van der Waals surface area contributed by atoms with Crippen molar-refractivity contribution in [3.8, 4) is 0 Å². The first-order valence-corrected chi connectivity index (χ1v) is 6.75. The Morgan fingerprint density at radius 2 is 2.14 bits per heavy atom. The summed E-state index contributed by atoms with van der Waals surface area (Å²) >= 11 is 1.42. The Hall–Kier alpha value is -2.68. The summed E-state index contributed by atoms with van der Waals surface area (Å²) < 4.78 is 0.889. The van der Waals surface area contributed by atoms with Crippen LogP contribution in [-0.4, -0.2) is 34.0 Å². The molecular weight excluding hydrogens is 296 g/mol. The monoisotopic (exact) mass is 308 g/mol. The van der Waals surface area contributed by atoms with Crippen LogP contribution in [0, 0.1) is 0 Å². The summed E-state index contributed by atoms with van der Waals surface area (Å²) in [6.45, 7) is 0. The van der Waals surface area contributed by atoms with Crippen molar-refractivity contribution in [2.75, 3.05) is 5.32 Å². The van der Waals surface area contributed by atoms with Crippen molar-refractivity contribution in [1.29, 1.82) is 0 Å². The number of rotatable bonds is 5. The third-order valence-electron chi connectivity index (χ3n) is 2.60. The van der Waals surface area contributed by atoms with Gasteiger partial charge in [-0.15, -0.1) is 11.3 Å². The van der Waals surface area contributed by atoms with Crippen molar-refractivity contribution in [2.24, 2.45) is 5.73 Å². The minimum atomic E-state index is -1.37. The maximum atomic E-state index is 11.7. The maximum Gasteiger partial charge on any atom is 0.326 e. The van der Waals surface area contributed by atoms with E-state index in [4.69, 9.17) is 10.8 Å².